The third-order valence-corrected chi connectivity index (χ3v) is 8.70. The van der Waals surface area contributed by atoms with Crippen molar-refractivity contribution in [3.05, 3.63) is 24.3 Å². The lowest BCUT2D eigenvalue weighted by atomic mass is 9.85. The van der Waals surface area contributed by atoms with Gasteiger partial charge in [-0.3, -0.25) is 0 Å². The maximum atomic E-state index is 12.0. The summed E-state index contributed by atoms with van der Waals surface area (Å²) in [7, 11) is -6.85. The predicted octanol–water partition coefficient (Wildman–Crippen LogP) is 2.16. The molecule has 5 nitrogen and oxygen atoms in total. The largest absolute Gasteiger partial charge is 0.228 e. The van der Waals surface area contributed by atoms with Gasteiger partial charge >= 0.3 is 0 Å². The molecule has 0 saturated heterocycles. The number of sulfone groups is 1. The van der Waals surface area contributed by atoms with Crippen molar-refractivity contribution in [1.29, 1.82) is 0 Å². The Morgan fingerprint density at radius 1 is 1.09 bits per heavy atom. The molecule has 0 radical (unpaired) electrons. The highest BCUT2D eigenvalue weighted by Crippen LogP contribution is 2.34. The minimum absolute atomic E-state index is 0.120. The van der Waals surface area contributed by atoms with Gasteiger partial charge in [0, 0.05) is 5.92 Å². The van der Waals surface area contributed by atoms with Gasteiger partial charge < -0.3 is 0 Å². The highest BCUT2D eigenvalue weighted by molar-refractivity contribution is 7.92. The van der Waals surface area contributed by atoms with Crippen molar-refractivity contribution in [1.82, 2.24) is 0 Å². The fraction of sp³-hybridized carbons (Fsp3) is 0.733. The van der Waals surface area contributed by atoms with Gasteiger partial charge in [0.25, 0.3) is 0 Å². The molecule has 0 fully saturated rings. The number of unbranched alkanes of at least 4 members (excludes halogenated alkanes) is 1. The fourth-order valence-corrected chi connectivity index (χ4v) is 4.49. The van der Waals surface area contributed by atoms with Crippen LogP contribution in [0.25, 0.3) is 0 Å². The average Bonchev–Trinajstić information content (AvgIpc) is 2.34. The van der Waals surface area contributed by atoms with E-state index in [9.17, 15) is 16.8 Å². The van der Waals surface area contributed by atoms with Gasteiger partial charge in [-0.15, -0.1) is 0 Å². The number of hydrogen-bond donors (Lipinski definition) is 1. The van der Waals surface area contributed by atoms with Gasteiger partial charge in [0.1, 0.15) is 4.75 Å². The Labute approximate surface area is 134 Å². The molecule has 0 aromatic rings. The molecule has 1 rings (SSSR count). The van der Waals surface area contributed by atoms with E-state index in [1.54, 1.807) is 39.8 Å². The quantitative estimate of drug-likeness (QED) is 0.743. The Morgan fingerprint density at radius 2 is 1.68 bits per heavy atom. The van der Waals surface area contributed by atoms with Gasteiger partial charge in [0.15, 0.2) is 9.84 Å². The van der Waals surface area contributed by atoms with Gasteiger partial charge in [-0.05, 0) is 40.5 Å². The molecule has 22 heavy (non-hydrogen) atoms. The Kier molecular flexibility index (Phi) is 5.69. The maximum absolute atomic E-state index is 12.0. The first-order valence-electron chi connectivity index (χ1n) is 7.42. The van der Waals surface area contributed by atoms with Gasteiger partial charge in [-0.25, -0.2) is 22.0 Å². The minimum Gasteiger partial charge on any atom is -0.228 e. The number of allylic oxidation sites excluding steroid dienone is 3. The summed E-state index contributed by atoms with van der Waals surface area (Å²) in [6, 6.07) is 0. The first-order valence-corrected chi connectivity index (χ1v) is 10.6. The maximum Gasteiger partial charge on any atom is 0.218 e. The monoisotopic (exact) mass is 349 g/mol. The highest BCUT2D eigenvalue weighted by atomic mass is 32.2. The highest BCUT2D eigenvalue weighted by Gasteiger charge is 2.41. The second-order valence-electron chi connectivity index (χ2n) is 7.01. The number of sulfonamides is 1. The van der Waals surface area contributed by atoms with Crippen LogP contribution in [0.3, 0.4) is 0 Å². The molecule has 2 N–H and O–H groups in total. The van der Waals surface area contributed by atoms with Crippen LogP contribution < -0.4 is 5.14 Å². The van der Waals surface area contributed by atoms with E-state index >= 15 is 0 Å². The Hall–Kier alpha value is -0.660. The van der Waals surface area contributed by atoms with Gasteiger partial charge in [-0.2, -0.15) is 0 Å². The van der Waals surface area contributed by atoms with Crippen LogP contribution in [0.15, 0.2) is 24.3 Å². The van der Waals surface area contributed by atoms with E-state index in [-0.39, 0.29) is 11.7 Å². The molecule has 1 aliphatic carbocycles. The molecular weight excluding hydrogens is 322 g/mol. The Balaban J connectivity index is 2.66. The third kappa shape index (κ3) is 4.20. The number of rotatable bonds is 6. The summed E-state index contributed by atoms with van der Waals surface area (Å²) in [5.74, 6) is -0.112. The summed E-state index contributed by atoms with van der Waals surface area (Å²) in [6.45, 7) is 6.68. The molecule has 0 aromatic carbocycles. The molecule has 0 spiro atoms. The second kappa shape index (κ2) is 6.45. The van der Waals surface area contributed by atoms with Crippen LogP contribution in [-0.2, 0) is 19.9 Å². The van der Waals surface area contributed by atoms with Gasteiger partial charge in [-0.1, -0.05) is 30.7 Å². The Morgan fingerprint density at radius 3 is 2.18 bits per heavy atom. The van der Waals surface area contributed by atoms with Crippen LogP contribution in [0.5, 0.6) is 0 Å². The lowest BCUT2D eigenvalue weighted by Crippen LogP contribution is -2.45. The lowest BCUT2D eigenvalue weighted by molar-refractivity contribution is 0.452. The molecule has 0 bridgehead atoms. The number of nitrogens with two attached hydrogens (primary N) is 1. The molecule has 0 saturated carbocycles. The van der Waals surface area contributed by atoms with Gasteiger partial charge in [0.05, 0.1) is 10.5 Å². The Bertz CT molecular complexity index is 654. The van der Waals surface area contributed by atoms with Crippen LogP contribution in [-0.4, -0.2) is 32.1 Å². The summed E-state index contributed by atoms with van der Waals surface area (Å²) in [5.41, 5.74) is 0. The predicted molar refractivity (Wildman–Crippen MR) is 90.7 cm³/mol. The second-order valence-corrected chi connectivity index (χ2v) is 11.8. The van der Waals surface area contributed by atoms with E-state index in [1.807, 2.05) is 12.2 Å². The zero-order valence-corrected chi connectivity index (χ0v) is 15.4. The third-order valence-electron chi connectivity index (χ3n) is 4.34. The van der Waals surface area contributed by atoms with E-state index < -0.39 is 29.4 Å². The van der Waals surface area contributed by atoms with Crippen LogP contribution in [0.1, 0.15) is 47.0 Å². The average molecular weight is 350 g/mol. The van der Waals surface area contributed by atoms with Crippen molar-refractivity contribution in [2.24, 2.45) is 11.1 Å². The van der Waals surface area contributed by atoms with Crippen molar-refractivity contribution < 1.29 is 16.8 Å². The van der Waals surface area contributed by atoms with Crippen LogP contribution in [0.2, 0.25) is 0 Å². The van der Waals surface area contributed by atoms with Crippen molar-refractivity contribution >= 4 is 19.9 Å². The summed E-state index contributed by atoms with van der Waals surface area (Å²) >= 11 is 0. The summed E-state index contributed by atoms with van der Waals surface area (Å²) in [5, 5.41) is 5.36. The van der Waals surface area contributed by atoms with E-state index in [0.717, 1.165) is 0 Å². The van der Waals surface area contributed by atoms with E-state index in [1.165, 1.54) is 0 Å². The molecule has 128 valence electrons. The van der Waals surface area contributed by atoms with Gasteiger partial charge in [0.2, 0.25) is 10.0 Å². The van der Waals surface area contributed by atoms with Crippen LogP contribution in [0, 0.1) is 5.92 Å². The first-order chi connectivity index (χ1) is 9.81. The SMILES string of the molecule is CC(C)(C)S(=O)(=O)CCCCC1C=CC=C[C@@]1(C)S(N)(=O)=O. The smallest absolute Gasteiger partial charge is 0.218 e. The molecule has 0 amide bonds. The zero-order chi connectivity index (χ0) is 17.2. The van der Waals surface area contributed by atoms with E-state index in [0.29, 0.717) is 19.3 Å². The molecule has 7 heteroatoms. The van der Waals surface area contributed by atoms with Crippen molar-refractivity contribution in [2.45, 2.75) is 56.5 Å². The summed E-state index contributed by atoms with van der Waals surface area (Å²) < 4.78 is 45.9. The summed E-state index contributed by atoms with van der Waals surface area (Å²) in [4.78, 5) is 0. The van der Waals surface area contributed by atoms with E-state index in [4.69, 9.17) is 5.14 Å². The molecule has 0 heterocycles. The molecule has 0 aromatic heterocycles. The normalized spacial score (nSPS) is 26.3. The molecule has 0 aliphatic heterocycles. The number of primary sulfonamides is 1. The van der Waals surface area contributed by atoms with Crippen molar-refractivity contribution in [2.75, 3.05) is 5.75 Å². The molecule has 2 atom stereocenters. The topological polar surface area (TPSA) is 94.3 Å². The molecule has 1 aliphatic rings. The zero-order valence-electron chi connectivity index (χ0n) is 13.7. The van der Waals surface area contributed by atoms with Crippen molar-refractivity contribution in [3.8, 4) is 0 Å². The standard InChI is InChI=1S/C15H27NO4S2/c1-14(2,3)21(17,18)12-8-6-10-13-9-5-7-11-15(13,4)22(16,19)20/h5,7,9,11,13H,6,8,10,12H2,1-4H3,(H2,16,19,20)/t13?,15-/m1/s1. The first kappa shape index (κ1) is 19.4. The molecule has 1 unspecified atom stereocenters. The number of hydrogen-bond acceptors (Lipinski definition) is 4. The summed E-state index contributed by atoms with van der Waals surface area (Å²) in [6.07, 6.45) is 8.70. The minimum atomic E-state index is -3.72. The van der Waals surface area contributed by atoms with Crippen molar-refractivity contribution in [3.63, 3.8) is 0 Å². The molecular formula is C15H27NO4S2. The van der Waals surface area contributed by atoms with E-state index in [2.05, 4.69) is 0 Å². The van der Waals surface area contributed by atoms with Crippen LogP contribution in [0.4, 0.5) is 0 Å². The fourth-order valence-electron chi connectivity index (χ4n) is 2.41. The van der Waals surface area contributed by atoms with Crippen LogP contribution >= 0.6 is 0 Å². The lowest BCUT2D eigenvalue weighted by Gasteiger charge is -2.33.